The van der Waals surface area contributed by atoms with E-state index in [9.17, 15) is 13.2 Å². The third-order valence-electron chi connectivity index (χ3n) is 5.22. The van der Waals surface area contributed by atoms with E-state index in [4.69, 9.17) is 0 Å². The summed E-state index contributed by atoms with van der Waals surface area (Å²) in [6, 6.07) is 13.1. The van der Waals surface area contributed by atoms with Crippen LogP contribution in [0.25, 0.3) is 10.9 Å². The van der Waals surface area contributed by atoms with Gasteiger partial charge in [0.15, 0.2) is 9.84 Å². The fourth-order valence-electron chi connectivity index (χ4n) is 3.89. The van der Waals surface area contributed by atoms with Gasteiger partial charge < -0.3 is 9.47 Å². The first kappa shape index (κ1) is 17.8. The summed E-state index contributed by atoms with van der Waals surface area (Å²) in [5, 5.41) is 1.10. The second kappa shape index (κ2) is 6.53. The van der Waals surface area contributed by atoms with Crippen LogP contribution in [0.2, 0.25) is 0 Å². The van der Waals surface area contributed by atoms with Gasteiger partial charge in [-0.3, -0.25) is 4.79 Å². The van der Waals surface area contributed by atoms with Crippen LogP contribution in [0.1, 0.15) is 17.5 Å². The van der Waals surface area contributed by atoms with E-state index in [1.807, 2.05) is 42.1 Å². The van der Waals surface area contributed by atoms with Crippen LogP contribution in [0.4, 0.5) is 5.69 Å². The van der Waals surface area contributed by atoms with Gasteiger partial charge in [0.05, 0.1) is 11.3 Å². The molecule has 0 spiro atoms. The summed E-state index contributed by atoms with van der Waals surface area (Å²) < 4.78 is 25.7. The number of benzene rings is 2. The number of fused-ring (bicyclic) bond motifs is 2. The molecule has 27 heavy (non-hydrogen) atoms. The van der Waals surface area contributed by atoms with E-state index in [1.165, 1.54) is 6.26 Å². The lowest BCUT2D eigenvalue weighted by Crippen LogP contribution is -2.36. The SMILES string of the molecule is Cn1cc(CC(=O)N2CCCc3cc(S(C)(=O)=O)ccc32)c2ccccc21. The highest BCUT2D eigenvalue weighted by Gasteiger charge is 2.24. The minimum absolute atomic E-state index is 0.0411. The van der Waals surface area contributed by atoms with Gasteiger partial charge in [0.25, 0.3) is 0 Å². The first-order valence-corrected chi connectivity index (χ1v) is 10.9. The molecule has 2 heterocycles. The van der Waals surface area contributed by atoms with Crippen molar-refractivity contribution < 1.29 is 13.2 Å². The van der Waals surface area contributed by atoms with E-state index in [-0.39, 0.29) is 5.91 Å². The quantitative estimate of drug-likeness (QED) is 0.699. The number of nitrogens with zero attached hydrogens (tertiary/aromatic N) is 2. The lowest BCUT2D eigenvalue weighted by atomic mass is 10.0. The summed E-state index contributed by atoms with van der Waals surface area (Å²) in [5.74, 6) is 0.0411. The van der Waals surface area contributed by atoms with E-state index in [0.717, 1.165) is 40.6 Å². The second-order valence-electron chi connectivity index (χ2n) is 7.17. The lowest BCUT2D eigenvalue weighted by molar-refractivity contribution is -0.118. The van der Waals surface area contributed by atoms with Crippen LogP contribution in [0.5, 0.6) is 0 Å². The number of anilines is 1. The molecular formula is C21H22N2O3S. The van der Waals surface area contributed by atoms with Crippen LogP contribution >= 0.6 is 0 Å². The average molecular weight is 382 g/mol. The molecule has 2 aromatic carbocycles. The second-order valence-corrected chi connectivity index (χ2v) is 9.19. The van der Waals surface area contributed by atoms with Crippen molar-refractivity contribution in [1.82, 2.24) is 4.57 Å². The molecule has 140 valence electrons. The van der Waals surface area contributed by atoms with E-state index in [2.05, 4.69) is 0 Å². The normalized spacial score (nSPS) is 14.4. The van der Waals surface area contributed by atoms with Crippen LogP contribution in [0, 0.1) is 0 Å². The summed E-state index contributed by atoms with van der Waals surface area (Å²) in [6.07, 6.45) is 5.17. The molecule has 0 N–H and O–H groups in total. The van der Waals surface area contributed by atoms with Crippen molar-refractivity contribution in [2.45, 2.75) is 24.2 Å². The van der Waals surface area contributed by atoms with Gasteiger partial charge in [-0.25, -0.2) is 8.42 Å². The number of sulfone groups is 1. The van der Waals surface area contributed by atoms with Gasteiger partial charge in [-0.1, -0.05) is 18.2 Å². The first-order chi connectivity index (χ1) is 12.8. The summed E-state index contributed by atoms with van der Waals surface area (Å²) >= 11 is 0. The maximum atomic E-state index is 13.1. The molecule has 6 heteroatoms. The Morgan fingerprint density at radius 2 is 1.93 bits per heavy atom. The van der Waals surface area contributed by atoms with Gasteiger partial charge in [0.1, 0.15) is 0 Å². The zero-order valence-corrected chi connectivity index (χ0v) is 16.3. The Labute approximate surface area is 159 Å². The highest BCUT2D eigenvalue weighted by Crippen LogP contribution is 2.30. The number of aryl methyl sites for hydroxylation is 2. The topological polar surface area (TPSA) is 59.4 Å². The van der Waals surface area contributed by atoms with Crippen LogP contribution in [0.3, 0.4) is 0 Å². The minimum Gasteiger partial charge on any atom is -0.350 e. The van der Waals surface area contributed by atoms with Gasteiger partial charge in [-0.15, -0.1) is 0 Å². The Morgan fingerprint density at radius 1 is 1.15 bits per heavy atom. The molecule has 0 unspecified atom stereocenters. The standard InChI is InChI=1S/C21H22N2O3S/c1-22-14-16(18-7-3-4-8-20(18)22)13-21(24)23-11-5-6-15-12-17(27(2,25)26)9-10-19(15)23/h3-4,7-10,12,14H,5-6,11,13H2,1-2H3. The number of para-hydroxylation sites is 1. The molecule has 1 aliphatic heterocycles. The minimum atomic E-state index is -3.25. The third-order valence-corrected chi connectivity index (χ3v) is 6.33. The van der Waals surface area contributed by atoms with Gasteiger partial charge in [-0.2, -0.15) is 0 Å². The zero-order valence-electron chi connectivity index (χ0n) is 15.5. The first-order valence-electron chi connectivity index (χ1n) is 9.01. The third kappa shape index (κ3) is 3.25. The number of hydrogen-bond donors (Lipinski definition) is 0. The van der Waals surface area contributed by atoms with Crippen LogP contribution in [0.15, 0.2) is 53.6 Å². The fraction of sp³-hybridized carbons (Fsp3) is 0.286. The molecule has 1 aliphatic rings. The predicted octanol–water partition coefficient (Wildman–Crippen LogP) is 3.10. The molecule has 1 aromatic heterocycles. The van der Waals surface area contributed by atoms with E-state index in [1.54, 1.807) is 23.1 Å². The van der Waals surface area contributed by atoms with Crippen molar-refractivity contribution in [2.24, 2.45) is 7.05 Å². The summed E-state index contributed by atoms with van der Waals surface area (Å²) in [4.78, 5) is 15.2. The Kier molecular flexibility index (Phi) is 4.30. The summed E-state index contributed by atoms with van der Waals surface area (Å²) in [7, 11) is -1.27. The van der Waals surface area contributed by atoms with E-state index < -0.39 is 9.84 Å². The molecule has 0 saturated carbocycles. The number of hydrogen-bond acceptors (Lipinski definition) is 3. The van der Waals surface area contributed by atoms with Crippen molar-refractivity contribution in [3.8, 4) is 0 Å². The Bertz CT molecular complexity index is 1150. The van der Waals surface area contributed by atoms with Gasteiger partial charge >= 0.3 is 0 Å². The molecule has 0 saturated heterocycles. The van der Waals surface area contributed by atoms with Crippen molar-refractivity contribution in [3.05, 3.63) is 59.8 Å². The largest absolute Gasteiger partial charge is 0.350 e. The maximum absolute atomic E-state index is 13.1. The van der Waals surface area contributed by atoms with Crippen LogP contribution in [-0.4, -0.2) is 31.7 Å². The van der Waals surface area contributed by atoms with Crippen LogP contribution < -0.4 is 4.90 Å². The molecule has 3 aromatic rings. The average Bonchev–Trinajstić information content (AvgIpc) is 2.96. The summed E-state index contributed by atoms with van der Waals surface area (Å²) in [5.41, 5.74) is 3.88. The van der Waals surface area contributed by atoms with Crippen molar-refractivity contribution >= 4 is 32.3 Å². The van der Waals surface area contributed by atoms with Crippen molar-refractivity contribution in [3.63, 3.8) is 0 Å². The smallest absolute Gasteiger partial charge is 0.231 e. The molecular weight excluding hydrogens is 360 g/mol. The lowest BCUT2D eigenvalue weighted by Gasteiger charge is -2.30. The zero-order chi connectivity index (χ0) is 19.2. The Balaban J connectivity index is 1.66. The molecule has 1 amide bonds. The molecule has 0 bridgehead atoms. The van der Waals surface area contributed by atoms with E-state index in [0.29, 0.717) is 17.9 Å². The number of amides is 1. The predicted molar refractivity (Wildman–Crippen MR) is 107 cm³/mol. The number of carbonyl (C=O) groups is 1. The van der Waals surface area contributed by atoms with E-state index >= 15 is 0 Å². The van der Waals surface area contributed by atoms with Crippen molar-refractivity contribution in [1.29, 1.82) is 0 Å². The van der Waals surface area contributed by atoms with Crippen molar-refractivity contribution in [2.75, 3.05) is 17.7 Å². The molecule has 5 nitrogen and oxygen atoms in total. The highest BCUT2D eigenvalue weighted by atomic mass is 32.2. The summed E-state index contributed by atoms with van der Waals surface area (Å²) in [6.45, 7) is 0.662. The molecule has 0 fully saturated rings. The Morgan fingerprint density at radius 3 is 2.70 bits per heavy atom. The van der Waals surface area contributed by atoms with Gasteiger partial charge in [0.2, 0.25) is 5.91 Å². The highest BCUT2D eigenvalue weighted by molar-refractivity contribution is 7.90. The Hall–Kier alpha value is -2.60. The maximum Gasteiger partial charge on any atom is 0.231 e. The molecule has 0 aliphatic carbocycles. The molecule has 0 radical (unpaired) electrons. The number of aromatic nitrogens is 1. The molecule has 4 rings (SSSR count). The number of carbonyl (C=O) groups excluding carboxylic acids is 1. The molecule has 0 atom stereocenters. The monoisotopic (exact) mass is 382 g/mol. The van der Waals surface area contributed by atoms with Gasteiger partial charge in [-0.05, 0) is 48.2 Å². The van der Waals surface area contributed by atoms with Gasteiger partial charge in [0, 0.05) is 42.6 Å². The van der Waals surface area contributed by atoms with Crippen LogP contribution in [-0.2, 0) is 34.5 Å². The number of rotatable bonds is 3. The fourth-order valence-corrected chi connectivity index (χ4v) is 4.56.